The van der Waals surface area contributed by atoms with Gasteiger partial charge in [-0.1, -0.05) is 24.3 Å². The van der Waals surface area contributed by atoms with Gasteiger partial charge in [-0.2, -0.15) is 0 Å². The van der Waals surface area contributed by atoms with E-state index in [1.54, 1.807) is 42.5 Å². The summed E-state index contributed by atoms with van der Waals surface area (Å²) in [6.07, 6.45) is 1.52. The number of nitro benzene ring substituents is 1. The number of carbonyl (C=O) groups is 2. The summed E-state index contributed by atoms with van der Waals surface area (Å²) in [6.45, 7) is 0. The van der Waals surface area contributed by atoms with E-state index in [0.29, 0.717) is 22.0 Å². The highest BCUT2D eigenvalue weighted by Crippen LogP contribution is 2.31. The molecule has 3 aromatic rings. The monoisotopic (exact) mass is 435 g/mol. The van der Waals surface area contributed by atoms with E-state index < -0.39 is 16.8 Å². The zero-order valence-corrected chi connectivity index (χ0v) is 16.5. The SMILES string of the molecule is O=C1NC(=Nc2ccccc2C(=O)O)S/C1=C/c1ccc(-c2cccc([N+](=O)[O-])c2)o1. The molecule has 9 nitrogen and oxygen atoms in total. The van der Waals surface area contributed by atoms with Crippen LogP contribution in [0.25, 0.3) is 17.4 Å². The number of amidine groups is 1. The molecule has 0 unspecified atom stereocenters. The fourth-order valence-corrected chi connectivity index (χ4v) is 3.64. The van der Waals surface area contributed by atoms with Crippen molar-refractivity contribution in [2.75, 3.05) is 0 Å². The summed E-state index contributed by atoms with van der Waals surface area (Å²) in [6, 6.07) is 15.6. The Hall–Kier alpha value is -4.18. The number of aliphatic imine (C=N–C) groups is 1. The predicted molar refractivity (Wildman–Crippen MR) is 115 cm³/mol. The van der Waals surface area contributed by atoms with Gasteiger partial charge in [0.15, 0.2) is 5.17 Å². The Bertz CT molecular complexity index is 1280. The predicted octanol–water partition coefficient (Wildman–Crippen LogP) is 4.44. The number of hydrogen-bond donors (Lipinski definition) is 2. The largest absolute Gasteiger partial charge is 0.478 e. The minimum Gasteiger partial charge on any atom is -0.478 e. The van der Waals surface area contributed by atoms with Crippen LogP contribution in [-0.2, 0) is 4.79 Å². The summed E-state index contributed by atoms with van der Waals surface area (Å²) in [5.74, 6) is -0.714. The van der Waals surface area contributed by atoms with E-state index in [0.717, 1.165) is 11.8 Å². The van der Waals surface area contributed by atoms with Gasteiger partial charge in [-0.3, -0.25) is 14.9 Å². The van der Waals surface area contributed by atoms with Crippen LogP contribution in [-0.4, -0.2) is 27.1 Å². The number of carboxylic acid groups (broad SMARTS) is 1. The van der Waals surface area contributed by atoms with Gasteiger partial charge >= 0.3 is 5.97 Å². The highest BCUT2D eigenvalue weighted by Gasteiger charge is 2.25. The summed E-state index contributed by atoms with van der Waals surface area (Å²) in [5, 5.41) is 23.0. The molecule has 1 saturated heterocycles. The van der Waals surface area contributed by atoms with Crippen LogP contribution in [0.5, 0.6) is 0 Å². The van der Waals surface area contributed by atoms with E-state index in [4.69, 9.17) is 4.42 Å². The molecule has 1 aromatic heterocycles. The van der Waals surface area contributed by atoms with E-state index in [9.17, 15) is 24.8 Å². The Morgan fingerprint density at radius 2 is 1.97 bits per heavy atom. The second kappa shape index (κ2) is 8.28. The first-order chi connectivity index (χ1) is 14.9. The Morgan fingerprint density at radius 1 is 1.16 bits per heavy atom. The number of nitro groups is 1. The van der Waals surface area contributed by atoms with E-state index in [2.05, 4.69) is 10.3 Å². The van der Waals surface area contributed by atoms with Crippen LogP contribution >= 0.6 is 11.8 Å². The number of aromatic carboxylic acids is 1. The molecular weight excluding hydrogens is 422 g/mol. The first-order valence-electron chi connectivity index (χ1n) is 8.87. The van der Waals surface area contributed by atoms with Crippen LogP contribution in [0.15, 0.2) is 75.0 Å². The Kier molecular flexibility index (Phi) is 5.37. The molecule has 0 saturated carbocycles. The molecule has 0 atom stereocenters. The van der Waals surface area contributed by atoms with Crippen molar-refractivity contribution < 1.29 is 24.0 Å². The second-order valence-corrected chi connectivity index (χ2v) is 7.34. The van der Waals surface area contributed by atoms with Crippen molar-refractivity contribution in [3.05, 3.63) is 87.0 Å². The quantitative estimate of drug-likeness (QED) is 0.343. The van der Waals surface area contributed by atoms with Crippen molar-refractivity contribution in [3.63, 3.8) is 0 Å². The van der Waals surface area contributed by atoms with Crippen molar-refractivity contribution >= 4 is 46.3 Å². The maximum absolute atomic E-state index is 12.3. The van der Waals surface area contributed by atoms with Gasteiger partial charge in [-0.15, -0.1) is 0 Å². The number of hydrogen-bond acceptors (Lipinski definition) is 7. The van der Waals surface area contributed by atoms with Crippen LogP contribution in [0.4, 0.5) is 11.4 Å². The number of nitrogens with zero attached hydrogens (tertiary/aromatic N) is 2. The molecular formula is C21H13N3O6S. The summed E-state index contributed by atoms with van der Waals surface area (Å²) in [4.78, 5) is 38.6. The van der Waals surface area contributed by atoms with Crippen LogP contribution < -0.4 is 5.32 Å². The Balaban J connectivity index is 1.57. The van der Waals surface area contributed by atoms with Gasteiger partial charge in [-0.25, -0.2) is 9.79 Å². The van der Waals surface area contributed by atoms with Crippen molar-refractivity contribution in [2.24, 2.45) is 4.99 Å². The van der Waals surface area contributed by atoms with E-state index in [1.165, 1.54) is 24.3 Å². The van der Waals surface area contributed by atoms with Gasteiger partial charge in [0, 0.05) is 23.8 Å². The molecule has 2 heterocycles. The number of para-hydroxylation sites is 1. The minimum atomic E-state index is -1.12. The maximum atomic E-state index is 12.3. The third-order valence-corrected chi connectivity index (χ3v) is 5.16. The van der Waals surface area contributed by atoms with Crippen LogP contribution in [0.3, 0.4) is 0 Å². The molecule has 0 bridgehead atoms. The summed E-state index contributed by atoms with van der Waals surface area (Å²) in [5.41, 5.74) is 0.733. The van der Waals surface area contributed by atoms with Gasteiger partial charge < -0.3 is 14.8 Å². The Morgan fingerprint density at radius 3 is 2.74 bits per heavy atom. The van der Waals surface area contributed by atoms with Gasteiger partial charge in [0.2, 0.25) is 0 Å². The Labute approximate surface area is 179 Å². The normalized spacial score (nSPS) is 15.9. The number of amides is 1. The third-order valence-electron chi connectivity index (χ3n) is 4.25. The molecule has 1 amide bonds. The average molecular weight is 435 g/mol. The van der Waals surface area contributed by atoms with Crippen LogP contribution in [0.2, 0.25) is 0 Å². The highest BCUT2D eigenvalue weighted by molar-refractivity contribution is 8.18. The third kappa shape index (κ3) is 4.38. The molecule has 2 aromatic carbocycles. The van der Waals surface area contributed by atoms with Gasteiger partial charge in [-0.05, 0) is 36.0 Å². The molecule has 1 aliphatic rings. The molecule has 10 heteroatoms. The summed E-state index contributed by atoms with van der Waals surface area (Å²) >= 11 is 1.05. The number of furan rings is 1. The number of thioether (sulfide) groups is 1. The fraction of sp³-hybridized carbons (Fsp3) is 0. The first-order valence-corrected chi connectivity index (χ1v) is 9.69. The maximum Gasteiger partial charge on any atom is 0.337 e. The molecule has 1 aliphatic heterocycles. The number of carbonyl (C=O) groups excluding carboxylic acids is 1. The standard InChI is InChI=1S/C21H13N3O6S/c25-19-18(31-21(23-19)22-16-7-2-1-6-15(16)20(26)27)11-14-8-9-17(30-14)12-4-3-5-13(10-12)24(28)29/h1-11H,(H,26,27)(H,22,23,25)/b18-11+. The van der Waals surface area contributed by atoms with Gasteiger partial charge in [0.1, 0.15) is 11.5 Å². The number of non-ortho nitro benzene ring substituents is 1. The lowest BCUT2D eigenvalue weighted by molar-refractivity contribution is -0.384. The summed E-state index contributed by atoms with van der Waals surface area (Å²) in [7, 11) is 0. The van der Waals surface area contributed by atoms with Crippen LogP contribution in [0, 0.1) is 10.1 Å². The highest BCUT2D eigenvalue weighted by atomic mass is 32.2. The first kappa shape index (κ1) is 20.1. The average Bonchev–Trinajstić information content (AvgIpc) is 3.35. The fourth-order valence-electron chi connectivity index (χ4n) is 2.83. The number of rotatable bonds is 5. The lowest BCUT2D eigenvalue weighted by atomic mass is 10.1. The number of benzene rings is 2. The molecule has 2 N–H and O–H groups in total. The van der Waals surface area contributed by atoms with E-state index >= 15 is 0 Å². The van der Waals surface area contributed by atoms with Gasteiger partial charge in [0.25, 0.3) is 11.6 Å². The topological polar surface area (TPSA) is 135 Å². The van der Waals surface area contributed by atoms with E-state index in [1.807, 2.05) is 0 Å². The zero-order chi connectivity index (χ0) is 22.0. The second-order valence-electron chi connectivity index (χ2n) is 6.31. The molecule has 31 heavy (non-hydrogen) atoms. The molecule has 154 valence electrons. The number of nitrogens with one attached hydrogen (secondary N) is 1. The van der Waals surface area contributed by atoms with Crippen molar-refractivity contribution in [1.29, 1.82) is 0 Å². The minimum absolute atomic E-state index is 0.0231. The smallest absolute Gasteiger partial charge is 0.337 e. The molecule has 0 spiro atoms. The van der Waals surface area contributed by atoms with Crippen molar-refractivity contribution in [1.82, 2.24) is 5.32 Å². The molecule has 4 rings (SSSR count). The number of carboxylic acids is 1. The van der Waals surface area contributed by atoms with Crippen LogP contribution in [0.1, 0.15) is 16.1 Å². The molecule has 0 aliphatic carbocycles. The summed E-state index contributed by atoms with van der Waals surface area (Å²) < 4.78 is 5.71. The lowest BCUT2D eigenvalue weighted by Crippen LogP contribution is -2.19. The van der Waals surface area contributed by atoms with E-state index in [-0.39, 0.29) is 22.1 Å². The molecule has 0 radical (unpaired) electrons. The molecule has 1 fully saturated rings. The van der Waals surface area contributed by atoms with Crippen molar-refractivity contribution in [2.45, 2.75) is 0 Å². The lowest BCUT2D eigenvalue weighted by Gasteiger charge is -2.00. The van der Waals surface area contributed by atoms with Gasteiger partial charge in [0.05, 0.1) is 21.1 Å². The van der Waals surface area contributed by atoms with Crippen molar-refractivity contribution in [3.8, 4) is 11.3 Å². The zero-order valence-electron chi connectivity index (χ0n) is 15.6.